The molecule has 0 saturated heterocycles. The molecule has 0 fully saturated rings. The van der Waals surface area contributed by atoms with Gasteiger partial charge in [-0.05, 0) is 25.1 Å². The lowest BCUT2D eigenvalue weighted by Crippen LogP contribution is -2.08. The maximum absolute atomic E-state index is 4.88. The van der Waals surface area contributed by atoms with Gasteiger partial charge in [0.2, 0.25) is 0 Å². The molecule has 0 aliphatic carbocycles. The van der Waals surface area contributed by atoms with Crippen LogP contribution in [0.25, 0.3) is 32.4 Å². The lowest BCUT2D eigenvalue weighted by atomic mass is 10.2. The Morgan fingerprint density at radius 2 is 1.78 bits per heavy atom. The average molecular weight is 393 g/mol. The number of benzene rings is 1. The number of aromatic nitrogens is 6. The number of hydrogen-bond acceptors (Lipinski definition) is 6. The van der Waals surface area contributed by atoms with Gasteiger partial charge in [-0.1, -0.05) is 0 Å². The van der Waals surface area contributed by atoms with Crippen LogP contribution in [0, 0.1) is 0 Å². The molecule has 0 saturated carbocycles. The second kappa shape index (κ2) is 6.71. The molecule has 4 heterocycles. The number of imidazole rings is 2. The van der Waals surface area contributed by atoms with Crippen molar-refractivity contribution in [2.24, 2.45) is 0 Å². The van der Waals surface area contributed by atoms with Gasteiger partial charge >= 0.3 is 0 Å². The van der Waals surface area contributed by atoms with Gasteiger partial charge in [-0.15, -0.1) is 22.7 Å². The Morgan fingerprint density at radius 1 is 0.963 bits per heavy atom. The van der Waals surface area contributed by atoms with E-state index in [4.69, 9.17) is 4.98 Å². The summed E-state index contributed by atoms with van der Waals surface area (Å²) in [4.78, 5) is 18.2. The van der Waals surface area contributed by atoms with Gasteiger partial charge in [0.1, 0.15) is 10.8 Å². The molecule has 5 aromatic rings. The summed E-state index contributed by atoms with van der Waals surface area (Å²) in [5, 5.41) is 5.92. The fourth-order valence-electron chi connectivity index (χ4n) is 3.27. The monoisotopic (exact) mass is 392 g/mol. The van der Waals surface area contributed by atoms with Crippen molar-refractivity contribution < 1.29 is 0 Å². The van der Waals surface area contributed by atoms with Gasteiger partial charge in [0.25, 0.3) is 0 Å². The SMILES string of the molecule is CCn1c(Cn2ccnc2-c2nccs2)nc2ccc(-c3nccs3)cc21. The minimum atomic E-state index is 0.657. The van der Waals surface area contributed by atoms with Crippen LogP contribution < -0.4 is 0 Å². The predicted molar refractivity (Wildman–Crippen MR) is 109 cm³/mol. The number of nitrogens with zero attached hydrogens (tertiary/aromatic N) is 6. The Kier molecular flexibility index (Phi) is 4.06. The summed E-state index contributed by atoms with van der Waals surface area (Å²) < 4.78 is 4.37. The maximum Gasteiger partial charge on any atom is 0.169 e. The molecule has 27 heavy (non-hydrogen) atoms. The Hall–Kier alpha value is -2.84. The van der Waals surface area contributed by atoms with E-state index in [9.17, 15) is 0 Å². The van der Waals surface area contributed by atoms with Gasteiger partial charge in [0.05, 0.1) is 17.6 Å². The summed E-state index contributed by atoms with van der Waals surface area (Å²) in [6.45, 7) is 3.66. The molecule has 1 aromatic carbocycles. The first-order chi connectivity index (χ1) is 13.3. The number of hydrogen-bond donors (Lipinski definition) is 0. The zero-order valence-electron chi connectivity index (χ0n) is 14.6. The molecule has 0 N–H and O–H groups in total. The molecule has 6 nitrogen and oxygen atoms in total. The molecule has 134 valence electrons. The van der Waals surface area contributed by atoms with Crippen LogP contribution in [-0.2, 0) is 13.1 Å². The summed E-state index contributed by atoms with van der Waals surface area (Å²) in [7, 11) is 0. The molecule has 4 aromatic heterocycles. The first kappa shape index (κ1) is 16.3. The van der Waals surface area contributed by atoms with E-state index in [1.165, 1.54) is 0 Å². The van der Waals surface area contributed by atoms with E-state index in [0.717, 1.165) is 44.8 Å². The second-order valence-corrected chi connectivity index (χ2v) is 7.82. The van der Waals surface area contributed by atoms with Crippen molar-refractivity contribution in [3.05, 3.63) is 59.6 Å². The van der Waals surface area contributed by atoms with Crippen molar-refractivity contribution in [1.82, 2.24) is 29.1 Å². The van der Waals surface area contributed by atoms with E-state index in [-0.39, 0.29) is 0 Å². The van der Waals surface area contributed by atoms with Crippen molar-refractivity contribution in [3.63, 3.8) is 0 Å². The molecular weight excluding hydrogens is 376 g/mol. The largest absolute Gasteiger partial charge is 0.327 e. The van der Waals surface area contributed by atoms with Gasteiger partial charge < -0.3 is 9.13 Å². The van der Waals surface area contributed by atoms with Crippen molar-refractivity contribution >= 4 is 33.7 Å². The van der Waals surface area contributed by atoms with E-state index in [2.05, 4.69) is 49.2 Å². The number of fused-ring (bicyclic) bond motifs is 1. The molecule has 0 atom stereocenters. The third kappa shape index (κ3) is 2.87. The predicted octanol–water partition coefficient (Wildman–Crippen LogP) is 4.55. The Balaban J connectivity index is 1.57. The summed E-state index contributed by atoms with van der Waals surface area (Å²) in [5.74, 6) is 1.89. The van der Waals surface area contributed by atoms with Crippen molar-refractivity contribution in [1.29, 1.82) is 0 Å². The van der Waals surface area contributed by atoms with Gasteiger partial charge in [-0.3, -0.25) is 0 Å². The molecule has 0 amide bonds. The van der Waals surface area contributed by atoms with Crippen LogP contribution in [-0.4, -0.2) is 29.1 Å². The Bertz CT molecular complexity index is 1180. The van der Waals surface area contributed by atoms with E-state index >= 15 is 0 Å². The smallest absolute Gasteiger partial charge is 0.169 e. The summed E-state index contributed by atoms with van der Waals surface area (Å²) in [6.07, 6.45) is 7.44. The van der Waals surface area contributed by atoms with Crippen LogP contribution in [0.15, 0.2) is 53.7 Å². The van der Waals surface area contributed by atoms with Crippen molar-refractivity contribution in [2.45, 2.75) is 20.0 Å². The molecule has 8 heteroatoms. The van der Waals surface area contributed by atoms with Crippen LogP contribution in [0.1, 0.15) is 12.7 Å². The fraction of sp³-hybridized carbons (Fsp3) is 0.158. The Labute approximate surface area is 163 Å². The van der Waals surface area contributed by atoms with E-state index in [1.54, 1.807) is 28.9 Å². The van der Waals surface area contributed by atoms with Crippen molar-refractivity contribution in [3.8, 4) is 21.4 Å². The molecular formula is C19H16N6S2. The highest BCUT2D eigenvalue weighted by molar-refractivity contribution is 7.13. The van der Waals surface area contributed by atoms with Gasteiger partial charge in [-0.2, -0.15) is 0 Å². The van der Waals surface area contributed by atoms with Crippen LogP contribution in [0.2, 0.25) is 0 Å². The van der Waals surface area contributed by atoms with E-state index < -0.39 is 0 Å². The number of thiazole rings is 2. The summed E-state index contributed by atoms with van der Waals surface area (Å²) >= 11 is 3.24. The quantitative estimate of drug-likeness (QED) is 0.440. The lowest BCUT2D eigenvalue weighted by molar-refractivity contribution is 0.667. The van der Waals surface area contributed by atoms with Crippen LogP contribution in [0.5, 0.6) is 0 Å². The second-order valence-electron chi connectivity index (χ2n) is 6.03. The Morgan fingerprint density at radius 3 is 2.52 bits per heavy atom. The van der Waals surface area contributed by atoms with Crippen LogP contribution in [0.3, 0.4) is 0 Å². The van der Waals surface area contributed by atoms with Gasteiger partial charge in [-0.25, -0.2) is 19.9 Å². The normalized spacial score (nSPS) is 11.4. The molecule has 0 bridgehead atoms. The molecule has 0 unspecified atom stereocenters. The first-order valence-electron chi connectivity index (χ1n) is 8.63. The zero-order valence-corrected chi connectivity index (χ0v) is 16.2. The highest BCUT2D eigenvalue weighted by Crippen LogP contribution is 2.27. The molecule has 0 aliphatic rings. The average Bonchev–Trinajstić information content (AvgIpc) is 3.46. The summed E-state index contributed by atoms with van der Waals surface area (Å²) in [6, 6.07) is 6.36. The molecule has 5 rings (SSSR count). The van der Waals surface area contributed by atoms with Crippen LogP contribution >= 0.6 is 22.7 Å². The third-order valence-electron chi connectivity index (χ3n) is 4.47. The molecule has 0 spiro atoms. The highest BCUT2D eigenvalue weighted by atomic mass is 32.1. The summed E-state index contributed by atoms with van der Waals surface area (Å²) in [5.41, 5.74) is 3.27. The fourth-order valence-corrected chi connectivity index (χ4v) is 4.55. The standard InChI is InChI=1S/C19H16N6S2/c1-2-25-15-11-13(18-21-6-9-26-18)3-4-14(15)23-16(25)12-24-8-5-20-17(24)19-22-7-10-27-19/h3-11H,2,12H2,1H3. The maximum atomic E-state index is 4.88. The van der Waals surface area contributed by atoms with E-state index in [0.29, 0.717) is 6.54 Å². The van der Waals surface area contributed by atoms with Gasteiger partial charge in [0.15, 0.2) is 10.8 Å². The van der Waals surface area contributed by atoms with Gasteiger partial charge in [0, 0.05) is 47.7 Å². The molecule has 0 aliphatic heterocycles. The molecule has 0 radical (unpaired) electrons. The number of aryl methyl sites for hydroxylation is 1. The topological polar surface area (TPSA) is 61.4 Å². The highest BCUT2D eigenvalue weighted by Gasteiger charge is 2.15. The lowest BCUT2D eigenvalue weighted by Gasteiger charge is -2.09. The minimum Gasteiger partial charge on any atom is -0.327 e. The zero-order chi connectivity index (χ0) is 18.2. The first-order valence-corrected chi connectivity index (χ1v) is 10.4. The minimum absolute atomic E-state index is 0.657. The third-order valence-corrected chi connectivity index (χ3v) is 6.06. The van der Waals surface area contributed by atoms with Crippen molar-refractivity contribution in [2.75, 3.05) is 0 Å². The van der Waals surface area contributed by atoms with E-state index in [1.807, 2.05) is 29.4 Å². The van der Waals surface area contributed by atoms with Crippen LogP contribution in [0.4, 0.5) is 0 Å². The number of rotatable bonds is 5.